The van der Waals surface area contributed by atoms with Gasteiger partial charge in [0.15, 0.2) is 5.03 Å². The topological polar surface area (TPSA) is 76.0 Å². The number of hydrogen-bond acceptors (Lipinski definition) is 4. The lowest BCUT2D eigenvalue weighted by Gasteiger charge is -2.33. The van der Waals surface area contributed by atoms with Crippen molar-refractivity contribution in [2.75, 3.05) is 19.6 Å². The van der Waals surface area contributed by atoms with Gasteiger partial charge in [0.25, 0.3) is 10.0 Å². The van der Waals surface area contributed by atoms with Crippen molar-refractivity contribution >= 4 is 10.0 Å². The van der Waals surface area contributed by atoms with Gasteiger partial charge >= 0.3 is 0 Å². The number of rotatable bonds is 6. The van der Waals surface area contributed by atoms with Gasteiger partial charge in [-0.05, 0) is 37.3 Å². The summed E-state index contributed by atoms with van der Waals surface area (Å²) in [6.45, 7) is 9.44. The molecule has 1 aromatic heterocycles. The number of nitrogens with zero attached hydrogens (tertiary/aromatic N) is 2. The Labute approximate surface area is 127 Å². The third-order valence-corrected chi connectivity index (χ3v) is 5.25. The van der Waals surface area contributed by atoms with Gasteiger partial charge in [0.1, 0.15) is 0 Å². The highest BCUT2D eigenvalue weighted by Crippen LogP contribution is 2.27. The normalized spacial score (nSPS) is 19.0. The third-order valence-electron chi connectivity index (χ3n) is 3.96. The zero-order valence-corrected chi connectivity index (χ0v) is 13.9. The molecule has 0 spiro atoms. The van der Waals surface area contributed by atoms with Crippen molar-refractivity contribution in [3.05, 3.63) is 12.5 Å². The molecule has 1 aliphatic rings. The predicted molar refractivity (Wildman–Crippen MR) is 82.5 cm³/mol. The molecule has 0 saturated carbocycles. The third kappa shape index (κ3) is 4.52. The first-order valence-electron chi connectivity index (χ1n) is 7.53. The van der Waals surface area contributed by atoms with Crippen molar-refractivity contribution in [1.82, 2.24) is 19.6 Å². The quantitative estimate of drug-likeness (QED) is 0.827. The highest BCUT2D eigenvalue weighted by molar-refractivity contribution is 7.89. The summed E-state index contributed by atoms with van der Waals surface area (Å²) < 4.78 is 29.2. The summed E-state index contributed by atoms with van der Waals surface area (Å²) in [4.78, 5) is 4.03. The molecule has 1 fully saturated rings. The van der Waals surface area contributed by atoms with Crippen LogP contribution in [0.1, 0.15) is 33.6 Å². The summed E-state index contributed by atoms with van der Waals surface area (Å²) >= 11 is 0. The van der Waals surface area contributed by atoms with Crippen LogP contribution in [-0.2, 0) is 16.6 Å². The molecule has 0 aromatic carbocycles. The molecule has 0 amide bonds. The Kier molecular flexibility index (Phi) is 5.06. The van der Waals surface area contributed by atoms with Crippen LogP contribution in [0.15, 0.2) is 17.6 Å². The zero-order valence-electron chi connectivity index (χ0n) is 13.1. The first kappa shape index (κ1) is 16.5. The molecule has 2 N–H and O–H groups in total. The smallest absolute Gasteiger partial charge is 0.259 e. The van der Waals surface area contributed by atoms with Gasteiger partial charge in [-0.15, -0.1) is 0 Å². The van der Waals surface area contributed by atoms with E-state index in [0.717, 1.165) is 32.5 Å². The van der Waals surface area contributed by atoms with Crippen LogP contribution in [0, 0.1) is 11.3 Å². The number of hydrogen-bond donors (Lipinski definition) is 2. The summed E-state index contributed by atoms with van der Waals surface area (Å²) in [5, 5.41) is 3.41. The molecule has 1 aliphatic heterocycles. The highest BCUT2D eigenvalue weighted by Gasteiger charge is 2.29. The molecule has 1 aromatic rings. The summed E-state index contributed by atoms with van der Waals surface area (Å²) in [6, 6.07) is 0. The van der Waals surface area contributed by atoms with Crippen molar-refractivity contribution in [2.24, 2.45) is 11.3 Å². The maximum absolute atomic E-state index is 12.3. The summed E-state index contributed by atoms with van der Waals surface area (Å²) in [5.41, 5.74) is 0.0266. The van der Waals surface area contributed by atoms with Gasteiger partial charge < -0.3 is 9.88 Å². The van der Waals surface area contributed by atoms with E-state index in [-0.39, 0.29) is 10.4 Å². The van der Waals surface area contributed by atoms with E-state index in [1.807, 2.05) is 4.57 Å². The molecular weight excluding hydrogens is 288 g/mol. The molecule has 0 atom stereocenters. The average Bonchev–Trinajstić information content (AvgIpc) is 2.86. The van der Waals surface area contributed by atoms with Crippen LogP contribution in [-0.4, -0.2) is 37.6 Å². The fraction of sp³-hybridized carbons (Fsp3) is 0.786. The molecule has 7 heteroatoms. The minimum Gasteiger partial charge on any atom is -0.336 e. The standard InChI is InChI=1S/C14H26N4O2S/c1-12(2)8-18-9-13(16-11-18)21(19,20)17-10-14(3)4-6-15-7-5-14/h9,11-12,15,17H,4-8,10H2,1-3H3. The fourth-order valence-corrected chi connectivity index (χ4v) is 3.70. The van der Waals surface area contributed by atoms with Crippen LogP contribution in [0.4, 0.5) is 0 Å². The largest absolute Gasteiger partial charge is 0.336 e. The Bertz CT molecular complexity index is 559. The zero-order chi connectivity index (χ0) is 15.5. The number of aromatic nitrogens is 2. The van der Waals surface area contributed by atoms with Crippen molar-refractivity contribution in [2.45, 2.75) is 45.2 Å². The van der Waals surface area contributed by atoms with Crippen LogP contribution in [0.3, 0.4) is 0 Å². The van der Waals surface area contributed by atoms with E-state index in [4.69, 9.17) is 0 Å². The van der Waals surface area contributed by atoms with Gasteiger partial charge in [-0.1, -0.05) is 20.8 Å². The van der Waals surface area contributed by atoms with Crippen LogP contribution in [0.5, 0.6) is 0 Å². The SMILES string of the molecule is CC(C)Cn1cnc(S(=O)(=O)NCC2(C)CCNCC2)c1. The van der Waals surface area contributed by atoms with Gasteiger partial charge in [-0.25, -0.2) is 18.1 Å². The lowest BCUT2D eigenvalue weighted by atomic mass is 9.81. The monoisotopic (exact) mass is 314 g/mol. The Morgan fingerprint density at radius 1 is 1.43 bits per heavy atom. The molecule has 21 heavy (non-hydrogen) atoms. The summed E-state index contributed by atoms with van der Waals surface area (Å²) in [7, 11) is -3.52. The van der Waals surface area contributed by atoms with E-state index in [9.17, 15) is 8.42 Å². The van der Waals surface area contributed by atoms with Crippen LogP contribution in [0.2, 0.25) is 0 Å². The second-order valence-corrected chi connectivity index (χ2v) is 8.40. The minimum atomic E-state index is -3.52. The van der Waals surface area contributed by atoms with Gasteiger partial charge in [0.05, 0.1) is 6.33 Å². The van der Waals surface area contributed by atoms with E-state index in [1.54, 1.807) is 12.5 Å². The first-order chi connectivity index (χ1) is 9.81. The Morgan fingerprint density at radius 3 is 2.71 bits per heavy atom. The Balaban J connectivity index is 1.99. The van der Waals surface area contributed by atoms with E-state index in [2.05, 4.69) is 35.8 Å². The van der Waals surface area contributed by atoms with Crippen molar-refractivity contribution in [3.63, 3.8) is 0 Å². The molecule has 2 heterocycles. The second kappa shape index (κ2) is 6.46. The molecule has 6 nitrogen and oxygen atoms in total. The van der Waals surface area contributed by atoms with Gasteiger partial charge in [-0.3, -0.25) is 0 Å². The number of piperidine rings is 1. The Hall–Kier alpha value is -0.920. The van der Waals surface area contributed by atoms with E-state index >= 15 is 0 Å². The predicted octanol–water partition coefficient (Wildman–Crippen LogP) is 1.21. The first-order valence-corrected chi connectivity index (χ1v) is 9.01. The fourth-order valence-electron chi connectivity index (χ4n) is 2.55. The van der Waals surface area contributed by atoms with E-state index in [1.165, 1.54) is 0 Å². The summed E-state index contributed by atoms with van der Waals surface area (Å²) in [6.07, 6.45) is 5.16. The van der Waals surface area contributed by atoms with Crippen molar-refractivity contribution in [1.29, 1.82) is 0 Å². The van der Waals surface area contributed by atoms with E-state index in [0.29, 0.717) is 12.5 Å². The van der Waals surface area contributed by atoms with E-state index < -0.39 is 10.0 Å². The van der Waals surface area contributed by atoms with Crippen molar-refractivity contribution < 1.29 is 8.42 Å². The highest BCUT2D eigenvalue weighted by atomic mass is 32.2. The van der Waals surface area contributed by atoms with Crippen LogP contribution >= 0.6 is 0 Å². The molecule has 0 aliphatic carbocycles. The van der Waals surface area contributed by atoms with Crippen LogP contribution in [0.25, 0.3) is 0 Å². The second-order valence-electron chi connectivity index (χ2n) is 6.69. The molecule has 0 unspecified atom stereocenters. The maximum Gasteiger partial charge on any atom is 0.259 e. The number of nitrogens with one attached hydrogen (secondary N) is 2. The number of sulfonamides is 1. The maximum atomic E-state index is 12.3. The lowest BCUT2D eigenvalue weighted by Crippen LogP contribution is -2.42. The molecule has 0 radical (unpaired) electrons. The van der Waals surface area contributed by atoms with Gasteiger partial charge in [0.2, 0.25) is 0 Å². The average molecular weight is 314 g/mol. The molecule has 1 saturated heterocycles. The van der Waals surface area contributed by atoms with Gasteiger partial charge in [0, 0.05) is 19.3 Å². The summed E-state index contributed by atoms with van der Waals surface area (Å²) in [5.74, 6) is 0.455. The molecule has 2 rings (SSSR count). The van der Waals surface area contributed by atoms with Crippen LogP contribution < -0.4 is 10.0 Å². The van der Waals surface area contributed by atoms with Crippen molar-refractivity contribution in [3.8, 4) is 0 Å². The molecule has 120 valence electrons. The van der Waals surface area contributed by atoms with Gasteiger partial charge in [-0.2, -0.15) is 0 Å². The minimum absolute atomic E-state index is 0.0266. The number of imidazole rings is 1. The molecular formula is C14H26N4O2S. The lowest BCUT2D eigenvalue weighted by molar-refractivity contribution is 0.232. The molecule has 0 bridgehead atoms. The Morgan fingerprint density at radius 2 is 2.10 bits per heavy atom.